The van der Waals surface area contributed by atoms with Crippen LogP contribution in [-0.2, 0) is 0 Å². The highest BCUT2D eigenvalue weighted by molar-refractivity contribution is 5.94. The predicted octanol–water partition coefficient (Wildman–Crippen LogP) is 4.57. The Labute approximate surface area is 156 Å². The summed E-state index contributed by atoms with van der Waals surface area (Å²) >= 11 is 0. The molecule has 1 heterocycles. The topological polar surface area (TPSA) is 41.6 Å². The summed E-state index contributed by atoms with van der Waals surface area (Å²) in [4.78, 5) is 14.9. The molecule has 0 radical (unpaired) electrons. The van der Waals surface area contributed by atoms with Gasteiger partial charge in [-0.15, -0.1) is 0 Å². The van der Waals surface area contributed by atoms with Crippen molar-refractivity contribution in [2.45, 2.75) is 39.2 Å². The summed E-state index contributed by atoms with van der Waals surface area (Å²) in [5.74, 6) is 0.805. The second kappa shape index (κ2) is 8.75. The van der Waals surface area contributed by atoms with Crippen molar-refractivity contribution < 1.29 is 9.53 Å². The number of piperidine rings is 1. The lowest BCUT2D eigenvalue weighted by Gasteiger charge is -2.28. The van der Waals surface area contributed by atoms with Crippen LogP contribution in [0.3, 0.4) is 0 Å². The summed E-state index contributed by atoms with van der Waals surface area (Å²) in [6.07, 6.45) is 3.82. The summed E-state index contributed by atoms with van der Waals surface area (Å²) in [6, 6.07) is 15.8. The van der Waals surface area contributed by atoms with Crippen LogP contribution in [0.1, 0.15) is 55.1 Å². The van der Waals surface area contributed by atoms with Crippen LogP contribution in [0.25, 0.3) is 0 Å². The predicted molar refractivity (Wildman–Crippen MR) is 106 cm³/mol. The van der Waals surface area contributed by atoms with Crippen LogP contribution >= 0.6 is 0 Å². The van der Waals surface area contributed by atoms with Crippen molar-refractivity contribution in [2.75, 3.05) is 24.6 Å². The molecule has 0 unspecified atom stereocenters. The van der Waals surface area contributed by atoms with Crippen LogP contribution in [-0.4, -0.2) is 25.6 Å². The van der Waals surface area contributed by atoms with Crippen LogP contribution in [0.15, 0.2) is 48.5 Å². The molecule has 1 fully saturated rings. The van der Waals surface area contributed by atoms with Gasteiger partial charge in [0.15, 0.2) is 0 Å². The molecular weight excluding hydrogens is 324 g/mol. The maximum atomic E-state index is 12.5. The van der Waals surface area contributed by atoms with Crippen molar-refractivity contribution in [3.05, 3.63) is 59.7 Å². The van der Waals surface area contributed by atoms with Crippen molar-refractivity contribution in [2.24, 2.45) is 0 Å². The maximum absolute atomic E-state index is 12.5. The number of rotatable bonds is 6. The number of ether oxygens (including phenoxy) is 1. The highest BCUT2D eigenvalue weighted by atomic mass is 16.5. The zero-order chi connectivity index (χ0) is 18.4. The molecule has 2 aromatic carbocycles. The highest BCUT2D eigenvalue weighted by Crippen LogP contribution is 2.21. The zero-order valence-electron chi connectivity index (χ0n) is 15.7. The third-order valence-corrected chi connectivity index (χ3v) is 4.89. The van der Waals surface area contributed by atoms with Gasteiger partial charge in [0.2, 0.25) is 0 Å². The van der Waals surface area contributed by atoms with Gasteiger partial charge in [-0.1, -0.05) is 12.1 Å². The SMILES string of the molecule is CCOc1ccc([C@H](C)NC(=O)c2ccc(N3CCCCC3)cc2)cc1. The Morgan fingerprint density at radius 2 is 1.69 bits per heavy atom. The highest BCUT2D eigenvalue weighted by Gasteiger charge is 2.14. The van der Waals surface area contributed by atoms with Crippen LogP contribution in [0, 0.1) is 0 Å². The minimum Gasteiger partial charge on any atom is -0.494 e. The van der Waals surface area contributed by atoms with Gasteiger partial charge in [0, 0.05) is 24.3 Å². The first-order valence-corrected chi connectivity index (χ1v) is 9.56. The van der Waals surface area contributed by atoms with Gasteiger partial charge < -0.3 is 15.0 Å². The Hall–Kier alpha value is -2.49. The average Bonchev–Trinajstić information content (AvgIpc) is 2.69. The number of amides is 1. The molecule has 3 rings (SSSR count). The molecule has 1 saturated heterocycles. The molecule has 1 aliphatic heterocycles. The van der Waals surface area contributed by atoms with E-state index in [1.807, 2.05) is 50.2 Å². The van der Waals surface area contributed by atoms with Crippen LogP contribution in [0.5, 0.6) is 5.75 Å². The van der Waals surface area contributed by atoms with E-state index < -0.39 is 0 Å². The van der Waals surface area contributed by atoms with Gasteiger partial charge in [0.05, 0.1) is 12.6 Å². The van der Waals surface area contributed by atoms with Gasteiger partial charge in [-0.3, -0.25) is 4.79 Å². The third kappa shape index (κ3) is 4.57. The van der Waals surface area contributed by atoms with E-state index in [0.29, 0.717) is 12.2 Å². The number of nitrogens with zero attached hydrogens (tertiary/aromatic N) is 1. The van der Waals surface area contributed by atoms with E-state index in [-0.39, 0.29) is 11.9 Å². The lowest BCUT2D eigenvalue weighted by molar-refractivity contribution is 0.0940. The van der Waals surface area contributed by atoms with Gasteiger partial charge in [-0.2, -0.15) is 0 Å². The molecule has 0 aliphatic carbocycles. The maximum Gasteiger partial charge on any atom is 0.251 e. The lowest BCUT2D eigenvalue weighted by atomic mass is 10.1. The molecule has 4 nitrogen and oxygen atoms in total. The van der Waals surface area contributed by atoms with Crippen LogP contribution < -0.4 is 15.0 Å². The quantitative estimate of drug-likeness (QED) is 0.828. The Balaban J connectivity index is 1.59. The molecule has 138 valence electrons. The molecule has 2 aromatic rings. The molecule has 1 aliphatic rings. The molecule has 0 aromatic heterocycles. The number of hydrogen-bond donors (Lipinski definition) is 1. The average molecular weight is 352 g/mol. The Bertz CT molecular complexity index is 704. The van der Waals surface area contributed by atoms with Gasteiger partial charge in [0.25, 0.3) is 5.91 Å². The number of benzene rings is 2. The molecule has 0 saturated carbocycles. The normalized spacial score (nSPS) is 15.4. The molecule has 1 N–H and O–H groups in total. The number of hydrogen-bond acceptors (Lipinski definition) is 3. The van der Waals surface area contributed by atoms with Gasteiger partial charge in [0.1, 0.15) is 5.75 Å². The van der Waals surface area contributed by atoms with Gasteiger partial charge >= 0.3 is 0 Å². The number of nitrogens with one attached hydrogen (secondary N) is 1. The number of anilines is 1. The second-order valence-corrected chi connectivity index (χ2v) is 6.79. The standard InChI is InChI=1S/C22H28N2O2/c1-3-26-21-13-9-18(10-14-21)17(2)23-22(25)19-7-11-20(12-8-19)24-15-5-4-6-16-24/h7-14,17H,3-6,15-16H2,1-2H3,(H,23,25)/t17-/m0/s1. The summed E-state index contributed by atoms with van der Waals surface area (Å²) in [5, 5.41) is 3.07. The molecule has 1 amide bonds. The molecule has 0 spiro atoms. The van der Waals surface area contributed by atoms with E-state index in [1.165, 1.54) is 24.9 Å². The minimum absolute atomic E-state index is 0.0448. The first kappa shape index (κ1) is 18.3. The number of carbonyl (C=O) groups is 1. The fourth-order valence-electron chi connectivity index (χ4n) is 3.36. The van der Waals surface area contributed by atoms with E-state index >= 15 is 0 Å². The van der Waals surface area contributed by atoms with Crippen molar-refractivity contribution >= 4 is 11.6 Å². The van der Waals surface area contributed by atoms with Crippen molar-refractivity contribution in [1.82, 2.24) is 5.32 Å². The molecular formula is C22H28N2O2. The fourth-order valence-corrected chi connectivity index (χ4v) is 3.36. The molecule has 0 bridgehead atoms. The summed E-state index contributed by atoms with van der Waals surface area (Å²) in [6.45, 7) is 6.84. The Morgan fingerprint density at radius 1 is 1.04 bits per heavy atom. The largest absolute Gasteiger partial charge is 0.494 e. The van der Waals surface area contributed by atoms with Crippen molar-refractivity contribution in [3.63, 3.8) is 0 Å². The lowest BCUT2D eigenvalue weighted by Crippen LogP contribution is -2.29. The summed E-state index contributed by atoms with van der Waals surface area (Å²) < 4.78 is 5.46. The zero-order valence-corrected chi connectivity index (χ0v) is 15.7. The van der Waals surface area contributed by atoms with Crippen molar-refractivity contribution in [1.29, 1.82) is 0 Å². The van der Waals surface area contributed by atoms with Crippen molar-refractivity contribution in [3.8, 4) is 5.75 Å². The van der Waals surface area contributed by atoms with E-state index in [4.69, 9.17) is 4.74 Å². The monoisotopic (exact) mass is 352 g/mol. The summed E-state index contributed by atoms with van der Waals surface area (Å²) in [5.41, 5.74) is 2.97. The number of carbonyl (C=O) groups excluding carboxylic acids is 1. The van der Waals surface area contributed by atoms with E-state index in [0.717, 1.165) is 24.4 Å². The second-order valence-electron chi connectivity index (χ2n) is 6.79. The Morgan fingerprint density at radius 3 is 2.31 bits per heavy atom. The van der Waals surface area contributed by atoms with Crippen LogP contribution in [0.4, 0.5) is 5.69 Å². The Kier molecular flexibility index (Phi) is 6.16. The molecule has 26 heavy (non-hydrogen) atoms. The minimum atomic E-state index is -0.0556. The molecule has 1 atom stereocenters. The van der Waals surface area contributed by atoms with Crippen LogP contribution in [0.2, 0.25) is 0 Å². The fraction of sp³-hybridized carbons (Fsp3) is 0.409. The van der Waals surface area contributed by atoms with E-state index in [2.05, 4.69) is 22.3 Å². The van der Waals surface area contributed by atoms with Gasteiger partial charge in [-0.25, -0.2) is 0 Å². The summed E-state index contributed by atoms with van der Waals surface area (Å²) in [7, 11) is 0. The molecule has 4 heteroatoms. The first-order valence-electron chi connectivity index (χ1n) is 9.56. The van der Waals surface area contributed by atoms with E-state index in [9.17, 15) is 4.79 Å². The third-order valence-electron chi connectivity index (χ3n) is 4.89. The van der Waals surface area contributed by atoms with Gasteiger partial charge in [-0.05, 0) is 75.1 Å². The smallest absolute Gasteiger partial charge is 0.251 e. The first-order chi connectivity index (χ1) is 12.7. The van der Waals surface area contributed by atoms with E-state index in [1.54, 1.807) is 0 Å².